The lowest BCUT2D eigenvalue weighted by Crippen LogP contribution is -2.08. The summed E-state index contributed by atoms with van der Waals surface area (Å²) >= 11 is 0. The molecule has 0 aromatic heterocycles. The van der Waals surface area contributed by atoms with Gasteiger partial charge in [-0.2, -0.15) is 0 Å². The monoisotopic (exact) mass is 150 g/mol. The van der Waals surface area contributed by atoms with E-state index in [1.54, 1.807) is 5.57 Å². The van der Waals surface area contributed by atoms with Gasteiger partial charge in [-0.25, -0.2) is 0 Å². The first-order valence-electron chi connectivity index (χ1n) is 4.61. The fourth-order valence-electron chi connectivity index (χ4n) is 1.65. The lowest BCUT2D eigenvalue weighted by Gasteiger charge is -2.19. The largest absolute Gasteiger partial charge is 0.0843 e. The van der Waals surface area contributed by atoms with Gasteiger partial charge in [0.05, 0.1) is 0 Å². The summed E-state index contributed by atoms with van der Waals surface area (Å²) in [6, 6.07) is 0. The molecule has 0 aromatic rings. The van der Waals surface area contributed by atoms with E-state index in [0.29, 0.717) is 0 Å². The SMILES string of the molecule is CCC1=CC=CCC(C)C1C. The van der Waals surface area contributed by atoms with E-state index >= 15 is 0 Å². The smallest absolute Gasteiger partial charge is 0.0200 e. The Hall–Kier alpha value is -0.520. The summed E-state index contributed by atoms with van der Waals surface area (Å²) in [7, 11) is 0. The molecule has 1 aliphatic rings. The molecule has 1 aliphatic carbocycles. The fourth-order valence-corrected chi connectivity index (χ4v) is 1.65. The van der Waals surface area contributed by atoms with Gasteiger partial charge in [-0.05, 0) is 24.7 Å². The van der Waals surface area contributed by atoms with Crippen molar-refractivity contribution in [2.45, 2.75) is 33.6 Å². The summed E-state index contributed by atoms with van der Waals surface area (Å²) in [4.78, 5) is 0. The number of hydrogen-bond donors (Lipinski definition) is 0. The van der Waals surface area contributed by atoms with Crippen molar-refractivity contribution in [2.75, 3.05) is 0 Å². The van der Waals surface area contributed by atoms with Gasteiger partial charge in [0.2, 0.25) is 0 Å². The van der Waals surface area contributed by atoms with Crippen LogP contribution in [0.1, 0.15) is 33.6 Å². The van der Waals surface area contributed by atoms with Crippen molar-refractivity contribution in [1.29, 1.82) is 0 Å². The van der Waals surface area contributed by atoms with Crippen LogP contribution in [0, 0.1) is 11.8 Å². The van der Waals surface area contributed by atoms with Crippen LogP contribution in [0.3, 0.4) is 0 Å². The van der Waals surface area contributed by atoms with Gasteiger partial charge < -0.3 is 0 Å². The minimum atomic E-state index is 0.773. The molecule has 0 aromatic carbocycles. The maximum atomic E-state index is 2.34. The first-order chi connectivity index (χ1) is 5.25. The predicted octanol–water partition coefficient (Wildman–Crippen LogP) is 3.55. The highest BCUT2D eigenvalue weighted by atomic mass is 14.2. The summed E-state index contributed by atoms with van der Waals surface area (Å²) in [6.07, 6.45) is 9.22. The van der Waals surface area contributed by atoms with E-state index in [-0.39, 0.29) is 0 Å². The zero-order chi connectivity index (χ0) is 8.27. The van der Waals surface area contributed by atoms with Crippen LogP contribution in [0.15, 0.2) is 23.8 Å². The quantitative estimate of drug-likeness (QED) is 0.536. The van der Waals surface area contributed by atoms with E-state index in [2.05, 4.69) is 39.0 Å². The van der Waals surface area contributed by atoms with Gasteiger partial charge in [0.15, 0.2) is 0 Å². The number of hydrogen-bond acceptors (Lipinski definition) is 0. The van der Waals surface area contributed by atoms with Crippen LogP contribution in [0.4, 0.5) is 0 Å². The van der Waals surface area contributed by atoms with Gasteiger partial charge in [-0.3, -0.25) is 0 Å². The van der Waals surface area contributed by atoms with Crippen molar-refractivity contribution in [1.82, 2.24) is 0 Å². The standard InChI is InChI=1S/C11H18/c1-4-11-8-6-5-7-9(2)10(11)3/h5-6,8-10H,4,7H2,1-3H3. The highest BCUT2D eigenvalue weighted by molar-refractivity contribution is 5.18. The Bertz CT molecular complexity index is 174. The lowest BCUT2D eigenvalue weighted by atomic mass is 9.86. The molecular weight excluding hydrogens is 132 g/mol. The minimum absolute atomic E-state index is 0.773. The first-order valence-corrected chi connectivity index (χ1v) is 4.61. The highest BCUT2D eigenvalue weighted by Gasteiger charge is 2.15. The van der Waals surface area contributed by atoms with Crippen LogP contribution in [-0.4, -0.2) is 0 Å². The Kier molecular flexibility index (Phi) is 2.92. The van der Waals surface area contributed by atoms with Gasteiger partial charge in [0, 0.05) is 0 Å². The van der Waals surface area contributed by atoms with E-state index < -0.39 is 0 Å². The molecule has 0 saturated heterocycles. The molecule has 0 spiro atoms. The molecule has 11 heavy (non-hydrogen) atoms. The normalized spacial score (nSPS) is 31.4. The van der Waals surface area contributed by atoms with Gasteiger partial charge in [0.25, 0.3) is 0 Å². The minimum Gasteiger partial charge on any atom is -0.0843 e. The number of rotatable bonds is 1. The zero-order valence-electron chi connectivity index (χ0n) is 7.80. The van der Waals surface area contributed by atoms with Gasteiger partial charge >= 0.3 is 0 Å². The summed E-state index contributed by atoms with van der Waals surface area (Å²) in [5.41, 5.74) is 1.60. The second-order valence-electron chi connectivity index (χ2n) is 3.52. The van der Waals surface area contributed by atoms with E-state index in [4.69, 9.17) is 0 Å². The molecule has 0 fully saturated rings. The molecule has 1 rings (SSSR count). The van der Waals surface area contributed by atoms with Gasteiger partial charge in [-0.1, -0.05) is 44.6 Å². The average molecular weight is 150 g/mol. The molecule has 0 N–H and O–H groups in total. The summed E-state index contributed by atoms with van der Waals surface area (Å²) in [6.45, 7) is 6.92. The molecule has 0 heteroatoms. The van der Waals surface area contributed by atoms with Crippen molar-refractivity contribution in [3.05, 3.63) is 23.8 Å². The molecule has 0 nitrogen and oxygen atoms in total. The summed E-state index contributed by atoms with van der Waals surface area (Å²) in [5.74, 6) is 1.59. The lowest BCUT2D eigenvalue weighted by molar-refractivity contribution is 0.440. The van der Waals surface area contributed by atoms with Crippen LogP contribution in [-0.2, 0) is 0 Å². The topological polar surface area (TPSA) is 0 Å². The third-order valence-electron chi connectivity index (χ3n) is 2.80. The Morgan fingerprint density at radius 3 is 2.82 bits per heavy atom. The molecular formula is C11H18. The summed E-state index contributed by atoms with van der Waals surface area (Å²) < 4.78 is 0. The predicted molar refractivity (Wildman–Crippen MR) is 50.5 cm³/mol. The Morgan fingerprint density at radius 1 is 1.45 bits per heavy atom. The third kappa shape index (κ3) is 1.95. The average Bonchev–Trinajstić information content (AvgIpc) is 2.16. The maximum absolute atomic E-state index is 2.34. The molecule has 0 heterocycles. The first kappa shape index (κ1) is 8.58. The Balaban J connectivity index is 2.74. The van der Waals surface area contributed by atoms with Crippen LogP contribution in [0.25, 0.3) is 0 Å². The molecule has 62 valence electrons. The highest BCUT2D eigenvalue weighted by Crippen LogP contribution is 2.27. The summed E-state index contributed by atoms with van der Waals surface area (Å²) in [5, 5.41) is 0. The molecule has 0 bridgehead atoms. The Labute approximate surface area is 70.0 Å². The third-order valence-corrected chi connectivity index (χ3v) is 2.80. The van der Waals surface area contributed by atoms with Crippen molar-refractivity contribution >= 4 is 0 Å². The van der Waals surface area contributed by atoms with Crippen molar-refractivity contribution in [3.8, 4) is 0 Å². The molecule has 0 saturated carbocycles. The Morgan fingerprint density at radius 2 is 2.18 bits per heavy atom. The molecule has 2 unspecified atom stereocenters. The molecule has 0 amide bonds. The number of allylic oxidation sites excluding steroid dienone is 4. The van der Waals surface area contributed by atoms with Gasteiger partial charge in [0.1, 0.15) is 0 Å². The van der Waals surface area contributed by atoms with Gasteiger partial charge in [-0.15, -0.1) is 0 Å². The van der Waals surface area contributed by atoms with Crippen LogP contribution < -0.4 is 0 Å². The van der Waals surface area contributed by atoms with E-state index in [1.807, 2.05) is 0 Å². The van der Waals surface area contributed by atoms with Crippen molar-refractivity contribution < 1.29 is 0 Å². The zero-order valence-corrected chi connectivity index (χ0v) is 7.80. The maximum Gasteiger partial charge on any atom is -0.0200 e. The van der Waals surface area contributed by atoms with E-state index in [0.717, 1.165) is 11.8 Å². The van der Waals surface area contributed by atoms with E-state index in [9.17, 15) is 0 Å². The second-order valence-corrected chi connectivity index (χ2v) is 3.52. The molecule has 2 atom stereocenters. The van der Waals surface area contributed by atoms with Crippen LogP contribution in [0.5, 0.6) is 0 Å². The van der Waals surface area contributed by atoms with Crippen LogP contribution in [0.2, 0.25) is 0 Å². The second kappa shape index (κ2) is 3.75. The molecule has 0 radical (unpaired) electrons. The van der Waals surface area contributed by atoms with E-state index in [1.165, 1.54) is 12.8 Å². The van der Waals surface area contributed by atoms with Crippen molar-refractivity contribution in [2.24, 2.45) is 11.8 Å². The molecule has 0 aliphatic heterocycles. The van der Waals surface area contributed by atoms with Crippen molar-refractivity contribution in [3.63, 3.8) is 0 Å². The van der Waals surface area contributed by atoms with Crippen LogP contribution >= 0.6 is 0 Å². The fraction of sp³-hybridized carbons (Fsp3) is 0.636.